The molecule has 0 aromatic heterocycles. The molecule has 0 bridgehead atoms. The van der Waals surface area contributed by atoms with Crippen LogP contribution in [0.4, 0.5) is 4.39 Å². The van der Waals surface area contributed by atoms with E-state index in [1.807, 2.05) is 30.3 Å². The summed E-state index contributed by atoms with van der Waals surface area (Å²) in [5.41, 5.74) is 2.33. The van der Waals surface area contributed by atoms with E-state index in [0.717, 1.165) is 30.8 Å². The topological polar surface area (TPSA) is 95.9 Å². The second-order valence-corrected chi connectivity index (χ2v) is 5.02. The molecule has 2 aromatic rings. The van der Waals surface area contributed by atoms with Crippen LogP contribution in [-0.4, -0.2) is 35.8 Å². The van der Waals surface area contributed by atoms with E-state index in [-0.39, 0.29) is 5.82 Å². The molecule has 25 heavy (non-hydrogen) atoms. The van der Waals surface area contributed by atoms with Crippen molar-refractivity contribution in [3.8, 4) is 5.75 Å². The number of halogens is 1. The van der Waals surface area contributed by atoms with Gasteiger partial charge in [0.2, 0.25) is 0 Å². The van der Waals surface area contributed by atoms with E-state index >= 15 is 0 Å². The lowest BCUT2D eigenvalue weighted by Crippen LogP contribution is -2.16. The molecule has 0 atom stereocenters. The van der Waals surface area contributed by atoms with Crippen molar-refractivity contribution in [1.82, 2.24) is 5.32 Å². The van der Waals surface area contributed by atoms with Crippen LogP contribution in [0.2, 0.25) is 0 Å². The zero-order valence-electron chi connectivity index (χ0n) is 13.7. The molecule has 0 spiro atoms. The van der Waals surface area contributed by atoms with Crippen LogP contribution in [-0.2, 0) is 22.6 Å². The maximum Gasteiger partial charge on any atom is 0.414 e. The highest BCUT2D eigenvalue weighted by Crippen LogP contribution is 2.12. The summed E-state index contributed by atoms with van der Waals surface area (Å²) in [7, 11) is 1.67. The third-order valence-electron chi connectivity index (χ3n) is 3.15. The maximum atomic E-state index is 12.7. The number of aliphatic carboxylic acids is 2. The molecule has 0 fully saturated rings. The van der Waals surface area contributed by atoms with Crippen LogP contribution >= 0.6 is 0 Å². The first-order chi connectivity index (χ1) is 11.9. The molecular weight excluding hydrogens is 329 g/mol. The van der Waals surface area contributed by atoms with Gasteiger partial charge in [-0.25, -0.2) is 14.0 Å². The molecule has 0 unspecified atom stereocenters. The second-order valence-electron chi connectivity index (χ2n) is 5.02. The summed E-state index contributed by atoms with van der Waals surface area (Å²) < 4.78 is 17.9. The first-order valence-electron chi connectivity index (χ1n) is 7.46. The molecule has 2 aromatic carbocycles. The first kappa shape index (κ1) is 20.1. The molecule has 0 heterocycles. The summed E-state index contributed by atoms with van der Waals surface area (Å²) in [6, 6.07) is 14.6. The van der Waals surface area contributed by atoms with Gasteiger partial charge in [-0.15, -0.1) is 0 Å². The van der Waals surface area contributed by atoms with Gasteiger partial charge in [0, 0.05) is 6.54 Å². The normalized spacial score (nSPS) is 9.68. The Morgan fingerprint density at radius 1 is 1.04 bits per heavy atom. The fourth-order valence-electron chi connectivity index (χ4n) is 1.90. The van der Waals surface area contributed by atoms with E-state index in [0.29, 0.717) is 0 Å². The van der Waals surface area contributed by atoms with Gasteiger partial charge < -0.3 is 20.3 Å². The van der Waals surface area contributed by atoms with Crippen LogP contribution in [0.15, 0.2) is 48.5 Å². The Kier molecular flexibility index (Phi) is 8.67. The Labute approximate surface area is 144 Å². The predicted octanol–water partition coefficient (Wildman–Crippen LogP) is 2.32. The summed E-state index contributed by atoms with van der Waals surface area (Å²) in [6.07, 6.45) is 0.893. The monoisotopic (exact) mass is 349 g/mol. The molecule has 3 N–H and O–H groups in total. The number of hydrogen-bond donors (Lipinski definition) is 3. The van der Waals surface area contributed by atoms with Gasteiger partial charge >= 0.3 is 11.9 Å². The summed E-state index contributed by atoms with van der Waals surface area (Å²) >= 11 is 0. The van der Waals surface area contributed by atoms with E-state index in [1.54, 1.807) is 7.11 Å². The third kappa shape index (κ3) is 8.47. The molecule has 0 amide bonds. The predicted molar refractivity (Wildman–Crippen MR) is 90.1 cm³/mol. The number of methoxy groups -OCH3 is 1. The summed E-state index contributed by atoms with van der Waals surface area (Å²) in [5.74, 6) is -2.96. The smallest absolute Gasteiger partial charge is 0.414 e. The minimum absolute atomic E-state index is 0.187. The number of carboxylic acid groups (broad SMARTS) is 2. The summed E-state index contributed by atoms with van der Waals surface area (Å²) in [6.45, 7) is 1.67. The molecule has 0 saturated heterocycles. The second kappa shape index (κ2) is 10.8. The lowest BCUT2D eigenvalue weighted by atomic mass is 10.1. The van der Waals surface area contributed by atoms with Crippen LogP contribution in [0.3, 0.4) is 0 Å². The molecule has 0 saturated carbocycles. The molecule has 0 aliphatic rings. The van der Waals surface area contributed by atoms with E-state index < -0.39 is 11.9 Å². The number of hydrogen-bond acceptors (Lipinski definition) is 4. The molecule has 2 rings (SSSR count). The van der Waals surface area contributed by atoms with Crippen LogP contribution in [0.25, 0.3) is 0 Å². The number of benzene rings is 2. The van der Waals surface area contributed by atoms with Crippen molar-refractivity contribution in [2.75, 3.05) is 13.7 Å². The van der Waals surface area contributed by atoms with Gasteiger partial charge in [0.05, 0.1) is 7.11 Å². The van der Waals surface area contributed by atoms with Gasteiger partial charge in [-0.2, -0.15) is 0 Å². The van der Waals surface area contributed by atoms with Gasteiger partial charge in [-0.3, -0.25) is 0 Å². The number of rotatable bonds is 6. The van der Waals surface area contributed by atoms with Gasteiger partial charge in [0.15, 0.2) is 0 Å². The van der Waals surface area contributed by atoms with Crippen molar-refractivity contribution in [2.45, 2.75) is 13.0 Å². The number of carboxylic acids is 2. The number of nitrogens with one attached hydrogen (secondary N) is 1. The Morgan fingerprint density at radius 2 is 1.68 bits per heavy atom. The van der Waals surface area contributed by atoms with E-state index in [4.69, 9.17) is 24.5 Å². The Balaban J connectivity index is 0.000000450. The Hall–Kier alpha value is -2.93. The fraction of sp³-hybridized carbons (Fsp3) is 0.222. The lowest BCUT2D eigenvalue weighted by molar-refractivity contribution is -0.159. The highest BCUT2D eigenvalue weighted by atomic mass is 19.1. The molecular formula is C18H20FNO5. The van der Waals surface area contributed by atoms with Crippen molar-refractivity contribution in [2.24, 2.45) is 0 Å². The first-order valence-corrected chi connectivity index (χ1v) is 7.46. The quantitative estimate of drug-likeness (QED) is 0.547. The highest BCUT2D eigenvalue weighted by molar-refractivity contribution is 6.27. The van der Waals surface area contributed by atoms with Crippen molar-refractivity contribution in [3.05, 3.63) is 65.5 Å². The molecule has 0 aliphatic heterocycles. The van der Waals surface area contributed by atoms with Gasteiger partial charge in [0.25, 0.3) is 0 Å². The van der Waals surface area contributed by atoms with Crippen molar-refractivity contribution in [3.63, 3.8) is 0 Å². The molecule has 134 valence electrons. The molecule has 0 aliphatic carbocycles. The van der Waals surface area contributed by atoms with Crippen molar-refractivity contribution in [1.29, 1.82) is 0 Å². The highest BCUT2D eigenvalue weighted by Gasteiger charge is 2.04. The SMILES string of the molecule is COc1cccc(CNCCc2ccc(F)cc2)c1.O=C(O)C(=O)O. The Morgan fingerprint density at radius 3 is 2.24 bits per heavy atom. The van der Waals surface area contributed by atoms with Crippen molar-refractivity contribution < 1.29 is 28.9 Å². The van der Waals surface area contributed by atoms with Gasteiger partial charge in [-0.1, -0.05) is 24.3 Å². The van der Waals surface area contributed by atoms with Crippen LogP contribution < -0.4 is 10.1 Å². The van der Waals surface area contributed by atoms with E-state index in [2.05, 4.69) is 11.4 Å². The van der Waals surface area contributed by atoms with Gasteiger partial charge in [-0.05, 0) is 48.4 Å². The van der Waals surface area contributed by atoms with Crippen molar-refractivity contribution >= 4 is 11.9 Å². The van der Waals surface area contributed by atoms with Gasteiger partial charge in [0.1, 0.15) is 11.6 Å². The third-order valence-corrected chi connectivity index (χ3v) is 3.15. The summed E-state index contributed by atoms with van der Waals surface area (Å²) in [4.78, 5) is 18.2. The average Bonchev–Trinajstić information content (AvgIpc) is 2.61. The standard InChI is InChI=1S/C16H18FNO.C2H2O4/c1-19-16-4-2-3-14(11-16)12-18-10-9-13-5-7-15(17)8-6-13;3-1(4)2(5)6/h2-8,11,18H,9-10,12H2,1H3;(H,3,4)(H,5,6). The van der Waals surface area contributed by atoms with Crippen LogP contribution in [0, 0.1) is 5.82 Å². The van der Waals surface area contributed by atoms with E-state index in [1.165, 1.54) is 17.7 Å². The maximum absolute atomic E-state index is 12.7. The lowest BCUT2D eigenvalue weighted by Gasteiger charge is -2.07. The van der Waals surface area contributed by atoms with Crippen LogP contribution in [0.1, 0.15) is 11.1 Å². The minimum atomic E-state index is -1.82. The zero-order chi connectivity index (χ0) is 18.7. The average molecular weight is 349 g/mol. The fourth-order valence-corrected chi connectivity index (χ4v) is 1.90. The zero-order valence-corrected chi connectivity index (χ0v) is 13.7. The number of ether oxygens (including phenoxy) is 1. The molecule has 0 radical (unpaired) electrons. The largest absolute Gasteiger partial charge is 0.497 e. The van der Waals surface area contributed by atoms with E-state index in [9.17, 15) is 4.39 Å². The van der Waals surface area contributed by atoms with Crippen LogP contribution in [0.5, 0.6) is 5.75 Å². The minimum Gasteiger partial charge on any atom is -0.497 e. The summed E-state index contributed by atoms with van der Waals surface area (Å²) in [5, 5.41) is 18.1. The molecule has 6 nitrogen and oxygen atoms in total. The Bertz CT molecular complexity index is 676. The number of carbonyl (C=O) groups is 2. The molecule has 7 heteroatoms.